The van der Waals surface area contributed by atoms with Crippen molar-refractivity contribution in [2.24, 2.45) is 5.73 Å². The molecule has 0 fully saturated rings. The molecule has 0 aliphatic rings. The molecule has 0 amide bonds. The number of halogens is 3. The van der Waals surface area contributed by atoms with Crippen molar-refractivity contribution in [3.8, 4) is 0 Å². The van der Waals surface area contributed by atoms with Gasteiger partial charge in [0.2, 0.25) is 0 Å². The lowest BCUT2D eigenvalue weighted by molar-refractivity contribution is 0.601. The molecule has 0 unspecified atom stereocenters. The van der Waals surface area contributed by atoms with E-state index in [2.05, 4.69) is 20.7 Å². The minimum atomic E-state index is -3.84. The highest BCUT2D eigenvalue weighted by atomic mass is 79.9. The third kappa shape index (κ3) is 3.74. The van der Waals surface area contributed by atoms with Gasteiger partial charge in [-0.1, -0.05) is 11.6 Å². The molecule has 0 bridgehead atoms. The van der Waals surface area contributed by atoms with E-state index in [0.29, 0.717) is 10.6 Å². The van der Waals surface area contributed by atoms with E-state index in [4.69, 9.17) is 17.3 Å². The topological polar surface area (TPSA) is 72.2 Å². The zero-order chi connectivity index (χ0) is 15.6. The van der Waals surface area contributed by atoms with Crippen molar-refractivity contribution in [3.63, 3.8) is 0 Å². The summed E-state index contributed by atoms with van der Waals surface area (Å²) in [4.78, 5) is 0.00989. The normalized spacial score (nSPS) is 11.4. The van der Waals surface area contributed by atoms with Gasteiger partial charge in [-0.05, 0) is 57.9 Å². The quantitative estimate of drug-likeness (QED) is 0.835. The third-order valence-corrected chi connectivity index (χ3v) is 5.11. The molecule has 2 aromatic carbocycles. The highest BCUT2D eigenvalue weighted by molar-refractivity contribution is 9.10. The molecule has 0 aliphatic carbocycles. The molecule has 0 atom stereocenters. The molecule has 0 saturated carbocycles. The van der Waals surface area contributed by atoms with Gasteiger partial charge in [0.05, 0.1) is 15.1 Å². The fourth-order valence-corrected chi connectivity index (χ4v) is 3.19. The van der Waals surface area contributed by atoms with Crippen LogP contribution in [0.5, 0.6) is 0 Å². The Kier molecular flexibility index (Phi) is 4.88. The van der Waals surface area contributed by atoms with E-state index >= 15 is 0 Å². The molecule has 2 rings (SSSR count). The summed E-state index contributed by atoms with van der Waals surface area (Å²) in [6.45, 7) is 0.120. The molecule has 112 valence electrons. The number of nitrogens with one attached hydrogen (secondary N) is 1. The predicted molar refractivity (Wildman–Crippen MR) is 84.3 cm³/mol. The van der Waals surface area contributed by atoms with Gasteiger partial charge < -0.3 is 5.73 Å². The van der Waals surface area contributed by atoms with Crippen LogP contribution in [-0.4, -0.2) is 8.42 Å². The van der Waals surface area contributed by atoms with Gasteiger partial charge in [0.15, 0.2) is 0 Å². The van der Waals surface area contributed by atoms with Crippen LogP contribution >= 0.6 is 27.5 Å². The zero-order valence-electron chi connectivity index (χ0n) is 10.6. The largest absolute Gasteiger partial charge is 0.326 e. The van der Waals surface area contributed by atoms with Crippen LogP contribution in [0.2, 0.25) is 5.02 Å². The summed E-state index contributed by atoms with van der Waals surface area (Å²) in [5.41, 5.74) is 6.14. The molecule has 21 heavy (non-hydrogen) atoms. The Morgan fingerprint density at radius 1 is 1.24 bits per heavy atom. The molecule has 0 saturated heterocycles. The second-order valence-corrected chi connectivity index (χ2v) is 7.14. The van der Waals surface area contributed by atoms with E-state index in [0.717, 1.165) is 6.07 Å². The Balaban J connectivity index is 2.35. The Labute approximate surface area is 135 Å². The molecular weight excluding hydrogens is 383 g/mol. The van der Waals surface area contributed by atoms with Crippen molar-refractivity contribution >= 4 is 43.2 Å². The van der Waals surface area contributed by atoms with Gasteiger partial charge in [-0.2, -0.15) is 0 Å². The molecule has 8 heteroatoms. The van der Waals surface area contributed by atoms with Gasteiger partial charge in [0.25, 0.3) is 10.0 Å². The minimum absolute atomic E-state index is 0.00989. The monoisotopic (exact) mass is 392 g/mol. The lowest BCUT2D eigenvalue weighted by atomic mass is 10.2. The van der Waals surface area contributed by atoms with Crippen molar-refractivity contribution in [2.45, 2.75) is 11.4 Å². The van der Waals surface area contributed by atoms with Gasteiger partial charge in [0.1, 0.15) is 5.82 Å². The van der Waals surface area contributed by atoms with Gasteiger partial charge >= 0.3 is 0 Å². The summed E-state index contributed by atoms with van der Waals surface area (Å²) in [6, 6.07) is 8.16. The van der Waals surface area contributed by atoms with Crippen LogP contribution in [0.3, 0.4) is 0 Å². The SMILES string of the molecule is NCc1cc(S(=O)(=O)Nc2ccc(Br)c(F)c2)ccc1Cl. The lowest BCUT2D eigenvalue weighted by Crippen LogP contribution is -2.14. The highest BCUT2D eigenvalue weighted by Gasteiger charge is 2.16. The third-order valence-electron chi connectivity index (χ3n) is 2.72. The number of hydrogen-bond donors (Lipinski definition) is 2. The van der Waals surface area contributed by atoms with E-state index in [1.165, 1.54) is 30.3 Å². The fourth-order valence-electron chi connectivity index (χ4n) is 1.65. The van der Waals surface area contributed by atoms with Crippen molar-refractivity contribution in [3.05, 3.63) is 57.3 Å². The molecule has 0 heterocycles. The molecule has 0 radical (unpaired) electrons. The van der Waals surface area contributed by atoms with Crippen LogP contribution in [0.25, 0.3) is 0 Å². The van der Waals surface area contributed by atoms with Crippen molar-refractivity contribution in [1.29, 1.82) is 0 Å². The number of rotatable bonds is 4. The van der Waals surface area contributed by atoms with Crippen molar-refractivity contribution in [1.82, 2.24) is 0 Å². The number of hydrogen-bond acceptors (Lipinski definition) is 3. The highest BCUT2D eigenvalue weighted by Crippen LogP contribution is 2.24. The summed E-state index contributed by atoms with van der Waals surface area (Å²) in [5.74, 6) is -0.561. The molecule has 3 N–H and O–H groups in total. The average Bonchev–Trinajstić information content (AvgIpc) is 2.43. The standard InChI is InChI=1S/C13H11BrClFN2O2S/c14-11-3-1-9(6-13(11)16)18-21(19,20)10-2-4-12(15)8(5-10)7-17/h1-6,18H,7,17H2. The Morgan fingerprint density at radius 3 is 2.57 bits per heavy atom. The summed E-state index contributed by atoms with van der Waals surface area (Å²) in [6.07, 6.45) is 0. The summed E-state index contributed by atoms with van der Waals surface area (Å²) < 4.78 is 40.5. The fraction of sp³-hybridized carbons (Fsp3) is 0.0769. The molecule has 0 aromatic heterocycles. The Bertz CT molecular complexity index is 784. The molecule has 2 aromatic rings. The van der Waals surface area contributed by atoms with Crippen LogP contribution in [0.1, 0.15) is 5.56 Å². The second kappa shape index (κ2) is 6.31. The maximum atomic E-state index is 13.4. The van der Waals surface area contributed by atoms with Crippen LogP contribution in [-0.2, 0) is 16.6 Å². The van der Waals surface area contributed by atoms with E-state index in [-0.39, 0.29) is 21.6 Å². The van der Waals surface area contributed by atoms with Gasteiger partial charge in [-0.25, -0.2) is 12.8 Å². The van der Waals surface area contributed by atoms with E-state index in [1.807, 2.05) is 0 Å². The van der Waals surface area contributed by atoms with E-state index in [9.17, 15) is 12.8 Å². The molecular formula is C13H11BrClFN2O2S. The van der Waals surface area contributed by atoms with Crippen molar-refractivity contribution < 1.29 is 12.8 Å². The molecule has 0 aliphatic heterocycles. The maximum absolute atomic E-state index is 13.4. The predicted octanol–water partition coefficient (Wildman–Crippen LogP) is 3.50. The van der Waals surface area contributed by atoms with Crippen LogP contribution in [0, 0.1) is 5.82 Å². The van der Waals surface area contributed by atoms with Crippen LogP contribution < -0.4 is 10.5 Å². The lowest BCUT2D eigenvalue weighted by Gasteiger charge is -2.10. The van der Waals surface area contributed by atoms with Crippen LogP contribution in [0.4, 0.5) is 10.1 Å². The molecule has 0 spiro atoms. The number of sulfonamides is 1. The summed E-state index contributed by atoms with van der Waals surface area (Å²) in [5, 5.41) is 0.395. The smallest absolute Gasteiger partial charge is 0.261 e. The van der Waals surface area contributed by atoms with Gasteiger partial charge in [0, 0.05) is 11.6 Å². The average molecular weight is 394 g/mol. The zero-order valence-corrected chi connectivity index (χ0v) is 13.8. The first kappa shape index (κ1) is 16.2. The number of nitrogens with two attached hydrogens (primary N) is 1. The van der Waals surface area contributed by atoms with Gasteiger partial charge in [-0.3, -0.25) is 4.72 Å². The molecule has 4 nitrogen and oxygen atoms in total. The first-order chi connectivity index (χ1) is 9.83. The minimum Gasteiger partial charge on any atom is -0.326 e. The Morgan fingerprint density at radius 2 is 1.95 bits per heavy atom. The van der Waals surface area contributed by atoms with E-state index < -0.39 is 15.8 Å². The summed E-state index contributed by atoms with van der Waals surface area (Å²) in [7, 11) is -3.84. The van der Waals surface area contributed by atoms with Crippen molar-refractivity contribution in [2.75, 3.05) is 4.72 Å². The second-order valence-electron chi connectivity index (χ2n) is 4.19. The first-order valence-corrected chi connectivity index (χ1v) is 8.45. The first-order valence-electron chi connectivity index (χ1n) is 5.80. The number of benzene rings is 2. The van der Waals surface area contributed by atoms with Gasteiger partial charge in [-0.15, -0.1) is 0 Å². The summed E-state index contributed by atoms with van der Waals surface area (Å²) >= 11 is 8.89. The van der Waals surface area contributed by atoms with Crippen LogP contribution in [0.15, 0.2) is 45.8 Å². The maximum Gasteiger partial charge on any atom is 0.261 e. The van der Waals surface area contributed by atoms with E-state index in [1.54, 1.807) is 0 Å². The Hall–Kier alpha value is -1.15. The number of anilines is 1.